The summed E-state index contributed by atoms with van der Waals surface area (Å²) >= 11 is 5.94. The summed E-state index contributed by atoms with van der Waals surface area (Å²) < 4.78 is 39.8. The molecule has 1 amide bonds. The lowest BCUT2D eigenvalue weighted by Crippen LogP contribution is -2.46. The van der Waals surface area contributed by atoms with E-state index in [0.29, 0.717) is 0 Å². The number of hydrogen-bond donors (Lipinski definition) is 2. The molecule has 0 saturated carbocycles. The maximum Gasteiger partial charge on any atom is 0.417 e. The molecule has 2 aromatic heterocycles. The van der Waals surface area contributed by atoms with Crippen molar-refractivity contribution in [2.45, 2.75) is 37.5 Å². The minimum absolute atomic E-state index is 0. The number of aromatic nitrogens is 3. The highest BCUT2D eigenvalue weighted by molar-refractivity contribution is 6.34. The number of halogens is 5. The van der Waals surface area contributed by atoms with Crippen molar-refractivity contribution >= 4 is 29.9 Å². The number of pyridine rings is 1. The Morgan fingerprint density at radius 2 is 1.91 bits per heavy atom. The van der Waals surface area contributed by atoms with Crippen molar-refractivity contribution in [2.24, 2.45) is 0 Å². The van der Waals surface area contributed by atoms with Crippen LogP contribution in [0.5, 0.6) is 0 Å². The number of rotatable bonds is 5. The van der Waals surface area contributed by atoms with Crippen molar-refractivity contribution < 1.29 is 18.0 Å². The number of nitrogens with one attached hydrogen (secondary N) is 2. The zero-order valence-corrected chi connectivity index (χ0v) is 19.4. The van der Waals surface area contributed by atoms with Gasteiger partial charge >= 0.3 is 6.18 Å². The van der Waals surface area contributed by atoms with Crippen LogP contribution in [-0.2, 0) is 6.18 Å². The van der Waals surface area contributed by atoms with Crippen LogP contribution in [0.15, 0.2) is 55.2 Å². The Labute approximate surface area is 205 Å². The molecule has 0 radical (unpaired) electrons. The number of hydrogen-bond acceptors (Lipinski definition) is 5. The molecule has 3 aromatic rings. The number of carbonyl (C=O) groups excluding carboxylic acids is 1. The van der Waals surface area contributed by atoms with Crippen LogP contribution < -0.4 is 10.6 Å². The number of piperidine rings is 1. The Bertz CT molecular complexity index is 1130. The Kier molecular flexibility index (Phi) is 8.46. The fourth-order valence-electron chi connectivity index (χ4n) is 3.97. The third kappa shape index (κ3) is 5.84. The van der Waals surface area contributed by atoms with Gasteiger partial charge in [-0.3, -0.25) is 4.79 Å². The van der Waals surface area contributed by atoms with E-state index in [1.807, 2.05) is 24.3 Å². The molecule has 1 fully saturated rings. The molecule has 2 atom stereocenters. The van der Waals surface area contributed by atoms with E-state index in [9.17, 15) is 18.0 Å². The first kappa shape index (κ1) is 25.9. The second-order valence-electron chi connectivity index (χ2n) is 7.78. The lowest BCUT2D eigenvalue weighted by atomic mass is 9.91. The van der Waals surface area contributed by atoms with Crippen LogP contribution in [0.3, 0.4) is 0 Å². The molecule has 6 nitrogen and oxygen atoms in total. The summed E-state index contributed by atoms with van der Waals surface area (Å²) in [6.07, 6.45) is 3.84. The van der Waals surface area contributed by atoms with Gasteiger partial charge in [-0.2, -0.15) is 13.2 Å². The zero-order chi connectivity index (χ0) is 23.4. The summed E-state index contributed by atoms with van der Waals surface area (Å²) in [5.74, 6) is -0.767. The molecule has 0 spiro atoms. The fraction of sp³-hybridized carbons (Fsp3) is 0.304. The predicted octanol–water partition coefficient (Wildman–Crippen LogP) is 5.25. The van der Waals surface area contributed by atoms with Gasteiger partial charge in [0.2, 0.25) is 0 Å². The number of amides is 1. The summed E-state index contributed by atoms with van der Waals surface area (Å²) in [7, 11) is 0. The minimum atomic E-state index is -4.69. The maximum absolute atomic E-state index is 13.3. The first-order valence-electron chi connectivity index (χ1n) is 10.5. The van der Waals surface area contributed by atoms with Gasteiger partial charge in [0.25, 0.3) is 5.91 Å². The van der Waals surface area contributed by atoms with Gasteiger partial charge in [-0.1, -0.05) is 36.2 Å². The third-order valence-corrected chi connectivity index (χ3v) is 5.97. The van der Waals surface area contributed by atoms with Crippen molar-refractivity contribution in [3.63, 3.8) is 0 Å². The molecule has 4 rings (SSSR count). The van der Waals surface area contributed by atoms with Crippen molar-refractivity contribution in [2.75, 3.05) is 6.54 Å². The van der Waals surface area contributed by atoms with E-state index in [1.54, 1.807) is 12.4 Å². The maximum atomic E-state index is 13.3. The largest absolute Gasteiger partial charge is 0.417 e. The molecule has 3 heterocycles. The van der Waals surface area contributed by atoms with Gasteiger partial charge in [0.05, 0.1) is 16.6 Å². The van der Waals surface area contributed by atoms with Gasteiger partial charge in [-0.05, 0) is 42.6 Å². The molecule has 2 N–H and O–H groups in total. The summed E-state index contributed by atoms with van der Waals surface area (Å²) in [6.45, 7) is 0.784. The quantitative estimate of drug-likeness (QED) is 0.489. The van der Waals surface area contributed by atoms with Crippen molar-refractivity contribution in [1.82, 2.24) is 25.6 Å². The highest BCUT2D eigenvalue weighted by Crippen LogP contribution is 2.36. The lowest BCUT2D eigenvalue weighted by molar-refractivity contribution is -0.137. The SMILES string of the molecule is Cl.O=C(N[C@@H](c1cccc(-c2cncnc2)c1)[C@@H]1CCCCN1)c1nccc(C(F)(F)F)c1Cl. The monoisotopic (exact) mass is 511 g/mol. The third-order valence-electron chi connectivity index (χ3n) is 5.59. The van der Waals surface area contributed by atoms with E-state index >= 15 is 0 Å². The van der Waals surface area contributed by atoms with Crippen LogP contribution >= 0.6 is 24.0 Å². The average Bonchev–Trinajstić information content (AvgIpc) is 2.83. The molecule has 1 saturated heterocycles. The molecular weight excluding hydrogens is 490 g/mol. The molecule has 34 heavy (non-hydrogen) atoms. The number of carbonyl (C=O) groups is 1. The Morgan fingerprint density at radius 1 is 1.15 bits per heavy atom. The van der Waals surface area contributed by atoms with Crippen LogP contribution in [0.1, 0.15) is 46.9 Å². The van der Waals surface area contributed by atoms with Gasteiger partial charge < -0.3 is 10.6 Å². The van der Waals surface area contributed by atoms with E-state index in [1.165, 1.54) is 6.33 Å². The molecule has 1 aliphatic rings. The van der Waals surface area contributed by atoms with E-state index in [2.05, 4.69) is 25.6 Å². The smallest absolute Gasteiger partial charge is 0.342 e. The molecule has 0 bridgehead atoms. The Morgan fingerprint density at radius 3 is 2.59 bits per heavy atom. The minimum Gasteiger partial charge on any atom is -0.342 e. The first-order chi connectivity index (χ1) is 15.8. The summed E-state index contributed by atoms with van der Waals surface area (Å²) in [6, 6.07) is 7.70. The van der Waals surface area contributed by atoms with Crippen LogP contribution in [0, 0.1) is 0 Å². The van der Waals surface area contributed by atoms with E-state index in [0.717, 1.165) is 54.8 Å². The summed E-state index contributed by atoms with van der Waals surface area (Å²) in [4.78, 5) is 25.0. The molecular formula is C23H22Cl2F3N5O. The van der Waals surface area contributed by atoms with E-state index < -0.39 is 34.4 Å². The van der Waals surface area contributed by atoms with Crippen LogP contribution in [0.2, 0.25) is 5.02 Å². The second kappa shape index (κ2) is 11.1. The fourth-order valence-corrected chi connectivity index (χ4v) is 4.27. The number of alkyl halides is 3. The Balaban J connectivity index is 0.00000324. The lowest BCUT2D eigenvalue weighted by Gasteiger charge is -2.32. The average molecular weight is 512 g/mol. The molecule has 0 unspecified atom stereocenters. The molecule has 1 aliphatic heterocycles. The predicted molar refractivity (Wildman–Crippen MR) is 125 cm³/mol. The van der Waals surface area contributed by atoms with Gasteiger partial charge in [0.1, 0.15) is 12.0 Å². The summed E-state index contributed by atoms with van der Waals surface area (Å²) in [5, 5.41) is 5.57. The van der Waals surface area contributed by atoms with Gasteiger partial charge in [0, 0.05) is 30.2 Å². The summed E-state index contributed by atoms with van der Waals surface area (Å²) in [5.41, 5.74) is 0.914. The normalized spacial score (nSPS) is 16.9. The molecule has 1 aromatic carbocycles. The van der Waals surface area contributed by atoms with Gasteiger partial charge in [-0.25, -0.2) is 15.0 Å². The van der Waals surface area contributed by atoms with Crippen LogP contribution in [-0.4, -0.2) is 33.4 Å². The highest BCUT2D eigenvalue weighted by atomic mass is 35.5. The van der Waals surface area contributed by atoms with Crippen LogP contribution in [0.4, 0.5) is 13.2 Å². The number of nitrogens with zero attached hydrogens (tertiary/aromatic N) is 3. The molecule has 180 valence electrons. The standard InChI is InChI=1S/C23H21ClF3N5O.ClH/c24-19-17(23(25,26)27)7-9-31-21(19)22(33)32-20(18-6-1-2-8-30-18)15-5-3-4-14(10-15)16-11-28-13-29-12-16;/h3-5,7,9-13,18,20,30H,1-2,6,8H2,(H,32,33);1H/t18-,20-;/m0./s1. The van der Waals surface area contributed by atoms with Crippen molar-refractivity contribution in [3.05, 3.63) is 77.1 Å². The van der Waals surface area contributed by atoms with Crippen molar-refractivity contribution in [1.29, 1.82) is 0 Å². The number of benzene rings is 1. The Hall–Kier alpha value is -2.75. The zero-order valence-electron chi connectivity index (χ0n) is 17.8. The van der Waals surface area contributed by atoms with E-state index in [4.69, 9.17) is 11.6 Å². The molecule has 0 aliphatic carbocycles. The van der Waals surface area contributed by atoms with Crippen LogP contribution in [0.25, 0.3) is 11.1 Å². The van der Waals surface area contributed by atoms with Gasteiger partial charge in [-0.15, -0.1) is 12.4 Å². The highest BCUT2D eigenvalue weighted by Gasteiger charge is 2.36. The van der Waals surface area contributed by atoms with E-state index in [-0.39, 0.29) is 18.4 Å². The molecule has 11 heteroatoms. The topological polar surface area (TPSA) is 79.8 Å². The first-order valence-corrected chi connectivity index (χ1v) is 10.8. The van der Waals surface area contributed by atoms with Gasteiger partial charge in [0.15, 0.2) is 0 Å². The van der Waals surface area contributed by atoms with Crippen molar-refractivity contribution in [3.8, 4) is 11.1 Å². The second-order valence-corrected chi connectivity index (χ2v) is 8.16.